The van der Waals surface area contributed by atoms with E-state index in [1.54, 1.807) is 24.3 Å². The molecule has 6 heteroatoms. The zero-order valence-corrected chi connectivity index (χ0v) is 16.1. The van der Waals surface area contributed by atoms with Crippen LogP contribution in [0, 0.1) is 0 Å². The van der Waals surface area contributed by atoms with Crippen LogP contribution in [0.25, 0.3) is 10.9 Å². The van der Waals surface area contributed by atoms with Crippen molar-refractivity contribution in [3.8, 4) is 0 Å². The van der Waals surface area contributed by atoms with Gasteiger partial charge in [0, 0.05) is 17.0 Å². The SMILES string of the molecule is C[C@@H](OC(=O)c1cc(=O)c2ccccc2[nH]1)C(=O)N[C@H]1CCCc2ccccc21. The summed E-state index contributed by atoms with van der Waals surface area (Å²) in [4.78, 5) is 40.2. The summed E-state index contributed by atoms with van der Waals surface area (Å²) >= 11 is 0. The molecule has 1 aliphatic carbocycles. The monoisotopic (exact) mass is 390 g/mol. The minimum atomic E-state index is -0.980. The highest BCUT2D eigenvalue weighted by Crippen LogP contribution is 2.29. The van der Waals surface area contributed by atoms with E-state index in [0.717, 1.165) is 24.8 Å². The number of H-pyrrole nitrogens is 1. The topological polar surface area (TPSA) is 88.3 Å². The Labute approximate surface area is 167 Å². The predicted octanol–water partition coefficient (Wildman–Crippen LogP) is 3.27. The fourth-order valence-electron chi connectivity index (χ4n) is 3.78. The Morgan fingerprint density at radius 1 is 1.14 bits per heavy atom. The van der Waals surface area contributed by atoms with E-state index in [9.17, 15) is 14.4 Å². The molecular formula is C23H22N2O4. The number of aromatic nitrogens is 1. The zero-order valence-electron chi connectivity index (χ0n) is 16.1. The maximum absolute atomic E-state index is 12.6. The second-order valence-electron chi connectivity index (χ2n) is 7.29. The predicted molar refractivity (Wildman–Crippen MR) is 110 cm³/mol. The lowest BCUT2D eigenvalue weighted by Gasteiger charge is -2.27. The molecule has 29 heavy (non-hydrogen) atoms. The molecule has 2 N–H and O–H groups in total. The number of fused-ring (bicyclic) bond motifs is 2. The normalized spacial score (nSPS) is 16.7. The molecule has 148 valence electrons. The van der Waals surface area contributed by atoms with E-state index in [0.29, 0.717) is 10.9 Å². The van der Waals surface area contributed by atoms with Gasteiger partial charge in [0.15, 0.2) is 11.5 Å². The van der Waals surface area contributed by atoms with Crippen molar-refractivity contribution in [3.63, 3.8) is 0 Å². The summed E-state index contributed by atoms with van der Waals surface area (Å²) in [5.41, 5.74) is 2.65. The quantitative estimate of drug-likeness (QED) is 0.669. The van der Waals surface area contributed by atoms with E-state index in [-0.39, 0.29) is 23.1 Å². The maximum Gasteiger partial charge on any atom is 0.355 e. The molecule has 2 atom stereocenters. The smallest absolute Gasteiger partial charge is 0.355 e. The van der Waals surface area contributed by atoms with Crippen LogP contribution in [0.4, 0.5) is 0 Å². The van der Waals surface area contributed by atoms with Crippen LogP contribution in [-0.2, 0) is 16.0 Å². The van der Waals surface area contributed by atoms with Gasteiger partial charge >= 0.3 is 5.97 Å². The molecule has 1 aliphatic rings. The number of esters is 1. The molecule has 0 aliphatic heterocycles. The largest absolute Gasteiger partial charge is 0.448 e. The molecule has 0 bridgehead atoms. The Kier molecular flexibility index (Phi) is 5.16. The van der Waals surface area contributed by atoms with Gasteiger partial charge < -0.3 is 15.0 Å². The van der Waals surface area contributed by atoms with Crippen molar-refractivity contribution in [2.45, 2.75) is 38.3 Å². The molecule has 0 saturated heterocycles. The molecule has 0 radical (unpaired) electrons. The first-order valence-corrected chi connectivity index (χ1v) is 9.74. The highest BCUT2D eigenvalue weighted by molar-refractivity contribution is 5.93. The van der Waals surface area contributed by atoms with Crippen molar-refractivity contribution in [2.24, 2.45) is 0 Å². The van der Waals surface area contributed by atoms with Gasteiger partial charge in [0.05, 0.1) is 6.04 Å². The summed E-state index contributed by atoms with van der Waals surface area (Å²) in [6.45, 7) is 1.53. The Morgan fingerprint density at radius 2 is 1.90 bits per heavy atom. The Morgan fingerprint density at radius 3 is 2.76 bits per heavy atom. The Bertz CT molecular complexity index is 1130. The molecule has 0 unspecified atom stereocenters. The van der Waals surface area contributed by atoms with Crippen molar-refractivity contribution in [1.29, 1.82) is 0 Å². The van der Waals surface area contributed by atoms with E-state index in [1.165, 1.54) is 18.6 Å². The molecular weight excluding hydrogens is 368 g/mol. The highest BCUT2D eigenvalue weighted by atomic mass is 16.5. The number of benzene rings is 2. The van der Waals surface area contributed by atoms with Gasteiger partial charge in [-0.05, 0) is 49.4 Å². The minimum absolute atomic E-state index is 0.0244. The van der Waals surface area contributed by atoms with Crippen molar-refractivity contribution in [2.75, 3.05) is 0 Å². The fourth-order valence-corrected chi connectivity index (χ4v) is 3.78. The fraction of sp³-hybridized carbons (Fsp3) is 0.261. The molecule has 1 amide bonds. The summed E-state index contributed by atoms with van der Waals surface area (Å²) < 4.78 is 5.31. The zero-order chi connectivity index (χ0) is 20.4. The van der Waals surface area contributed by atoms with Gasteiger partial charge in [-0.1, -0.05) is 36.4 Å². The van der Waals surface area contributed by atoms with Crippen LogP contribution in [0.15, 0.2) is 59.4 Å². The number of amides is 1. The van der Waals surface area contributed by atoms with E-state index in [1.807, 2.05) is 18.2 Å². The number of hydrogen-bond acceptors (Lipinski definition) is 4. The number of aromatic amines is 1. The summed E-state index contributed by atoms with van der Waals surface area (Å²) in [5.74, 6) is -1.09. The summed E-state index contributed by atoms with van der Waals surface area (Å²) in [6, 6.07) is 16.1. The lowest BCUT2D eigenvalue weighted by molar-refractivity contribution is -0.130. The van der Waals surface area contributed by atoms with E-state index in [4.69, 9.17) is 4.74 Å². The second-order valence-corrected chi connectivity index (χ2v) is 7.29. The van der Waals surface area contributed by atoms with Gasteiger partial charge in [-0.15, -0.1) is 0 Å². The molecule has 3 aromatic rings. The number of pyridine rings is 1. The molecule has 6 nitrogen and oxygen atoms in total. The van der Waals surface area contributed by atoms with E-state index < -0.39 is 12.1 Å². The number of hydrogen-bond donors (Lipinski definition) is 2. The number of nitrogens with one attached hydrogen (secondary N) is 2. The molecule has 4 rings (SSSR count). The first kappa shape index (κ1) is 18.9. The van der Waals surface area contributed by atoms with Gasteiger partial charge in [0.25, 0.3) is 5.91 Å². The molecule has 0 fully saturated rings. The highest BCUT2D eigenvalue weighted by Gasteiger charge is 2.26. The summed E-state index contributed by atoms with van der Waals surface area (Å²) in [6.07, 6.45) is 1.87. The average molecular weight is 390 g/mol. The summed E-state index contributed by atoms with van der Waals surface area (Å²) in [7, 11) is 0. The second kappa shape index (κ2) is 7.91. The molecule has 1 aromatic heterocycles. The van der Waals surface area contributed by atoms with Gasteiger partial charge in [-0.2, -0.15) is 0 Å². The van der Waals surface area contributed by atoms with E-state index in [2.05, 4.69) is 16.4 Å². The lowest BCUT2D eigenvalue weighted by atomic mass is 9.87. The van der Waals surface area contributed by atoms with Gasteiger partial charge in [-0.3, -0.25) is 9.59 Å². The van der Waals surface area contributed by atoms with E-state index >= 15 is 0 Å². The molecule has 1 heterocycles. The van der Waals surface area contributed by atoms with Crippen LogP contribution < -0.4 is 10.7 Å². The number of rotatable bonds is 4. The number of aryl methyl sites for hydroxylation is 1. The maximum atomic E-state index is 12.6. The third kappa shape index (κ3) is 3.92. The van der Waals surface area contributed by atoms with Crippen LogP contribution in [0.2, 0.25) is 0 Å². The van der Waals surface area contributed by atoms with Crippen molar-refractivity contribution in [1.82, 2.24) is 10.3 Å². The Balaban J connectivity index is 1.45. The average Bonchev–Trinajstić information content (AvgIpc) is 2.74. The van der Waals surface area contributed by atoms with Crippen molar-refractivity contribution >= 4 is 22.8 Å². The van der Waals surface area contributed by atoms with Crippen molar-refractivity contribution < 1.29 is 14.3 Å². The molecule has 0 spiro atoms. The number of ether oxygens (including phenoxy) is 1. The Hall–Kier alpha value is -3.41. The van der Waals surface area contributed by atoms with Crippen molar-refractivity contribution in [3.05, 3.63) is 81.6 Å². The van der Waals surface area contributed by atoms with Crippen LogP contribution >= 0.6 is 0 Å². The van der Waals surface area contributed by atoms with Crippen LogP contribution in [0.3, 0.4) is 0 Å². The van der Waals surface area contributed by atoms with Gasteiger partial charge in [0.1, 0.15) is 5.69 Å². The van der Waals surface area contributed by atoms with Gasteiger partial charge in [0.2, 0.25) is 0 Å². The van der Waals surface area contributed by atoms with Crippen LogP contribution in [0.1, 0.15) is 47.4 Å². The third-order valence-electron chi connectivity index (χ3n) is 5.30. The minimum Gasteiger partial charge on any atom is -0.448 e. The van der Waals surface area contributed by atoms with Crippen LogP contribution in [-0.4, -0.2) is 23.0 Å². The summed E-state index contributed by atoms with van der Waals surface area (Å²) in [5, 5.41) is 3.48. The third-order valence-corrected chi connectivity index (χ3v) is 5.30. The first-order valence-electron chi connectivity index (χ1n) is 9.74. The molecule has 0 saturated carbocycles. The lowest BCUT2D eigenvalue weighted by Crippen LogP contribution is -2.39. The van der Waals surface area contributed by atoms with Crippen LogP contribution in [0.5, 0.6) is 0 Å². The van der Waals surface area contributed by atoms with Gasteiger partial charge in [-0.25, -0.2) is 4.79 Å². The number of carbonyl (C=O) groups is 2. The first-order chi connectivity index (χ1) is 14.0. The number of carbonyl (C=O) groups excluding carboxylic acids is 2. The number of para-hydroxylation sites is 1. The standard InChI is InChI=1S/C23H22N2O4/c1-14(22(27)25-18-12-6-8-15-7-2-3-9-16(15)18)29-23(28)20-13-21(26)17-10-4-5-11-19(17)24-20/h2-5,7,9-11,13-14,18H,6,8,12H2,1H3,(H,24,26)(H,25,27)/t14-,18+/m1/s1. The molecule has 2 aromatic carbocycles.